The van der Waals surface area contributed by atoms with Crippen LogP contribution in [0.5, 0.6) is 0 Å². The van der Waals surface area contributed by atoms with Crippen LogP contribution in [0.15, 0.2) is 0 Å². The summed E-state index contributed by atoms with van der Waals surface area (Å²) >= 11 is 0. The van der Waals surface area contributed by atoms with E-state index in [4.69, 9.17) is 0 Å². The van der Waals surface area contributed by atoms with E-state index in [9.17, 15) is 9.59 Å². The largest absolute Gasteiger partial charge is 0.352 e. The quantitative estimate of drug-likeness (QED) is 0.519. The Morgan fingerprint density at radius 3 is 2.50 bits per heavy atom. The van der Waals surface area contributed by atoms with Crippen LogP contribution in [0.4, 0.5) is 0 Å². The summed E-state index contributed by atoms with van der Waals surface area (Å²) in [6, 6.07) is 0.366. The molecule has 0 atom stereocenters. The molecule has 0 radical (unpaired) electrons. The van der Waals surface area contributed by atoms with Gasteiger partial charge in [0, 0.05) is 19.1 Å². The zero-order valence-electron chi connectivity index (χ0n) is 8.01. The molecule has 1 aliphatic heterocycles. The zero-order valence-corrected chi connectivity index (χ0v) is 8.01. The molecule has 78 valence electrons. The Bertz CT molecular complexity index is 246. The normalized spacial score (nSPS) is 21.1. The molecule has 0 bridgehead atoms. The van der Waals surface area contributed by atoms with Crippen molar-refractivity contribution in [1.82, 2.24) is 16.0 Å². The second kappa shape index (κ2) is 3.96. The second-order valence-corrected chi connectivity index (χ2v) is 3.91. The number of hydrogen-bond acceptors (Lipinski definition) is 3. The SMILES string of the molecule is O=C(CNC(=O)C1CNC1)NC1CC1. The summed E-state index contributed by atoms with van der Waals surface area (Å²) in [5, 5.41) is 8.45. The number of carbonyl (C=O) groups is 2. The summed E-state index contributed by atoms with van der Waals surface area (Å²) in [5.41, 5.74) is 0. The van der Waals surface area contributed by atoms with Crippen LogP contribution >= 0.6 is 0 Å². The van der Waals surface area contributed by atoms with E-state index >= 15 is 0 Å². The van der Waals surface area contributed by atoms with Crippen LogP contribution in [0.25, 0.3) is 0 Å². The first-order valence-electron chi connectivity index (χ1n) is 5.03. The van der Waals surface area contributed by atoms with Crippen molar-refractivity contribution in [3.63, 3.8) is 0 Å². The van der Waals surface area contributed by atoms with Crippen LogP contribution in [0, 0.1) is 5.92 Å². The Morgan fingerprint density at radius 2 is 2.00 bits per heavy atom. The minimum absolute atomic E-state index is 0.0188. The van der Waals surface area contributed by atoms with E-state index in [2.05, 4.69) is 16.0 Å². The lowest BCUT2D eigenvalue weighted by atomic mass is 10.0. The predicted octanol–water partition coefficient (Wildman–Crippen LogP) is -1.40. The Morgan fingerprint density at radius 1 is 1.29 bits per heavy atom. The average molecular weight is 197 g/mol. The Balaban J connectivity index is 1.60. The number of nitrogens with one attached hydrogen (secondary N) is 3. The van der Waals surface area contributed by atoms with Crippen LogP contribution < -0.4 is 16.0 Å². The standard InChI is InChI=1S/C9H15N3O2/c13-8(12-7-1-2-7)5-11-9(14)6-3-10-4-6/h6-7,10H,1-5H2,(H,11,14)(H,12,13). The van der Waals surface area contributed by atoms with E-state index in [0.717, 1.165) is 25.9 Å². The summed E-state index contributed by atoms with van der Waals surface area (Å²) in [6.45, 7) is 1.58. The lowest BCUT2D eigenvalue weighted by molar-refractivity contribution is -0.129. The molecule has 3 N–H and O–H groups in total. The first kappa shape index (κ1) is 9.45. The van der Waals surface area contributed by atoms with Gasteiger partial charge in [0.15, 0.2) is 0 Å². The summed E-state index contributed by atoms with van der Waals surface area (Å²) in [6.07, 6.45) is 2.15. The van der Waals surface area contributed by atoms with Gasteiger partial charge in [-0.05, 0) is 12.8 Å². The average Bonchev–Trinajstić information content (AvgIpc) is 2.81. The highest BCUT2D eigenvalue weighted by Gasteiger charge is 2.26. The summed E-state index contributed by atoms with van der Waals surface area (Å²) in [7, 11) is 0. The lowest BCUT2D eigenvalue weighted by Gasteiger charge is -2.25. The molecule has 0 aromatic heterocycles. The molecular weight excluding hydrogens is 182 g/mol. The molecule has 0 aromatic rings. The molecule has 2 amide bonds. The molecule has 5 heteroatoms. The summed E-state index contributed by atoms with van der Waals surface area (Å²) in [5.74, 6) is -0.0356. The molecule has 1 heterocycles. The van der Waals surface area contributed by atoms with Gasteiger partial charge in [-0.15, -0.1) is 0 Å². The third-order valence-electron chi connectivity index (χ3n) is 2.52. The van der Waals surface area contributed by atoms with Gasteiger partial charge in [0.05, 0.1) is 12.5 Å². The van der Waals surface area contributed by atoms with Crippen LogP contribution in [0.1, 0.15) is 12.8 Å². The van der Waals surface area contributed by atoms with Gasteiger partial charge in [0.2, 0.25) is 11.8 Å². The van der Waals surface area contributed by atoms with E-state index in [1.165, 1.54) is 0 Å². The van der Waals surface area contributed by atoms with Crippen molar-refractivity contribution in [3.05, 3.63) is 0 Å². The lowest BCUT2D eigenvalue weighted by Crippen LogP contribution is -2.52. The number of carbonyl (C=O) groups excluding carboxylic acids is 2. The van der Waals surface area contributed by atoms with Crippen molar-refractivity contribution in [2.45, 2.75) is 18.9 Å². The van der Waals surface area contributed by atoms with E-state index in [1.54, 1.807) is 0 Å². The summed E-state index contributed by atoms with van der Waals surface area (Å²) < 4.78 is 0. The molecule has 5 nitrogen and oxygen atoms in total. The number of rotatable bonds is 4. The minimum atomic E-state index is -0.0758. The van der Waals surface area contributed by atoms with Crippen molar-refractivity contribution >= 4 is 11.8 Å². The van der Waals surface area contributed by atoms with Crippen molar-refractivity contribution < 1.29 is 9.59 Å². The van der Waals surface area contributed by atoms with Gasteiger partial charge in [-0.2, -0.15) is 0 Å². The molecule has 1 saturated carbocycles. The highest BCUT2D eigenvalue weighted by atomic mass is 16.2. The Labute approximate surface area is 82.6 Å². The smallest absolute Gasteiger partial charge is 0.239 e. The topological polar surface area (TPSA) is 70.2 Å². The fourth-order valence-electron chi connectivity index (χ4n) is 1.29. The van der Waals surface area contributed by atoms with Gasteiger partial charge >= 0.3 is 0 Å². The van der Waals surface area contributed by atoms with Crippen molar-refractivity contribution in [3.8, 4) is 0 Å². The van der Waals surface area contributed by atoms with Gasteiger partial charge in [0.25, 0.3) is 0 Å². The number of hydrogen-bond donors (Lipinski definition) is 3. The van der Waals surface area contributed by atoms with Gasteiger partial charge in [-0.3, -0.25) is 9.59 Å². The molecule has 0 aromatic carbocycles. The molecule has 2 fully saturated rings. The van der Waals surface area contributed by atoms with Crippen molar-refractivity contribution in [1.29, 1.82) is 0 Å². The highest BCUT2D eigenvalue weighted by Crippen LogP contribution is 2.18. The third kappa shape index (κ3) is 2.45. The maximum atomic E-state index is 11.3. The molecule has 2 rings (SSSR count). The van der Waals surface area contributed by atoms with Gasteiger partial charge in [-0.1, -0.05) is 0 Å². The molecule has 0 spiro atoms. The first-order valence-corrected chi connectivity index (χ1v) is 5.03. The molecule has 14 heavy (non-hydrogen) atoms. The van der Waals surface area contributed by atoms with Crippen LogP contribution in [-0.2, 0) is 9.59 Å². The van der Waals surface area contributed by atoms with Crippen LogP contribution in [0.3, 0.4) is 0 Å². The molecule has 1 aliphatic carbocycles. The first-order chi connectivity index (χ1) is 6.75. The monoisotopic (exact) mass is 197 g/mol. The molecular formula is C9H15N3O2. The minimum Gasteiger partial charge on any atom is -0.352 e. The van der Waals surface area contributed by atoms with Gasteiger partial charge in [-0.25, -0.2) is 0 Å². The Hall–Kier alpha value is -1.10. The van der Waals surface area contributed by atoms with Crippen molar-refractivity contribution in [2.75, 3.05) is 19.6 Å². The predicted molar refractivity (Wildman–Crippen MR) is 50.5 cm³/mol. The fraction of sp³-hybridized carbons (Fsp3) is 0.778. The van der Waals surface area contributed by atoms with Gasteiger partial charge in [0.1, 0.15) is 0 Å². The maximum Gasteiger partial charge on any atom is 0.239 e. The summed E-state index contributed by atoms with van der Waals surface area (Å²) in [4.78, 5) is 22.5. The van der Waals surface area contributed by atoms with E-state index in [1.807, 2.05) is 0 Å². The fourth-order valence-corrected chi connectivity index (χ4v) is 1.29. The molecule has 1 saturated heterocycles. The van der Waals surface area contributed by atoms with E-state index in [0.29, 0.717) is 6.04 Å². The van der Waals surface area contributed by atoms with Crippen LogP contribution in [-0.4, -0.2) is 37.5 Å². The third-order valence-corrected chi connectivity index (χ3v) is 2.52. The highest BCUT2D eigenvalue weighted by molar-refractivity contribution is 5.86. The Kier molecular flexibility index (Phi) is 2.67. The second-order valence-electron chi connectivity index (χ2n) is 3.91. The van der Waals surface area contributed by atoms with Gasteiger partial charge < -0.3 is 16.0 Å². The molecule has 0 unspecified atom stereocenters. The number of amides is 2. The zero-order chi connectivity index (χ0) is 9.97. The molecule has 2 aliphatic rings. The maximum absolute atomic E-state index is 11.3. The van der Waals surface area contributed by atoms with Crippen molar-refractivity contribution in [2.24, 2.45) is 5.92 Å². The van der Waals surface area contributed by atoms with E-state index in [-0.39, 0.29) is 24.3 Å². The van der Waals surface area contributed by atoms with Crippen LogP contribution in [0.2, 0.25) is 0 Å². The van der Waals surface area contributed by atoms with E-state index < -0.39 is 0 Å².